The third-order valence-electron chi connectivity index (χ3n) is 3.05. The number of anilines is 3. The van der Waals surface area contributed by atoms with Crippen molar-refractivity contribution in [2.75, 3.05) is 17.2 Å². The van der Waals surface area contributed by atoms with Crippen LogP contribution in [0, 0.1) is 6.92 Å². The molecule has 0 saturated heterocycles. The lowest BCUT2D eigenvalue weighted by Crippen LogP contribution is -2.05. The molecule has 0 radical (unpaired) electrons. The van der Waals surface area contributed by atoms with Crippen molar-refractivity contribution in [1.29, 1.82) is 0 Å². The Balaban J connectivity index is 2.23. The second kappa shape index (κ2) is 6.70. The zero-order chi connectivity index (χ0) is 14.4. The molecule has 0 aliphatic heterocycles. The third kappa shape index (κ3) is 3.35. The number of hydrogen-bond donors (Lipinski definition) is 2. The van der Waals surface area contributed by atoms with Crippen molar-refractivity contribution < 1.29 is 0 Å². The lowest BCUT2D eigenvalue weighted by atomic mass is 10.1. The molecule has 0 aliphatic rings. The van der Waals surface area contributed by atoms with Crippen LogP contribution in [-0.2, 0) is 6.42 Å². The molecule has 0 fully saturated rings. The molecule has 104 valence electrons. The lowest BCUT2D eigenvalue weighted by Gasteiger charge is -2.13. The SMILES string of the molecule is C=CCNc1nccc(Nc2c(C)cccc2CC)n1. The van der Waals surface area contributed by atoms with Gasteiger partial charge in [0.2, 0.25) is 5.95 Å². The first-order valence-electron chi connectivity index (χ1n) is 6.78. The fourth-order valence-corrected chi connectivity index (χ4v) is 2.01. The van der Waals surface area contributed by atoms with E-state index in [4.69, 9.17) is 0 Å². The molecule has 2 aromatic rings. The summed E-state index contributed by atoms with van der Waals surface area (Å²) in [6.45, 7) is 8.56. The summed E-state index contributed by atoms with van der Waals surface area (Å²) < 4.78 is 0. The Hall–Kier alpha value is -2.36. The summed E-state index contributed by atoms with van der Waals surface area (Å²) >= 11 is 0. The molecule has 0 saturated carbocycles. The Morgan fingerprint density at radius 3 is 2.90 bits per heavy atom. The smallest absolute Gasteiger partial charge is 0.224 e. The van der Waals surface area contributed by atoms with Crippen molar-refractivity contribution in [3.05, 3.63) is 54.2 Å². The normalized spacial score (nSPS) is 10.1. The second-order valence-electron chi connectivity index (χ2n) is 4.52. The fourth-order valence-electron chi connectivity index (χ4n) is 2.01. The van der Waals surface area contributed by atoms with E-state index >= 15 is 0 Å². The molecule has 2 N–H and O–H groups in total. The molecule has 2 rings (SSSR count). The highest BCUT2D eigenvalue weighted by Gasteiger charge is 2.06. The van der Waals surface area contributed by atoms with Crippen LogP contribution < -0.4 is 10.6 Å². The van der Waals surface area contributed by atoms with Crippen molar-refractivity contribution >= 4 is 17.5 Å². The van der Waals surface area contributed by atoms with Crippen LogP contribution in [0.1, 0.15) is 18.1 Å². The van der Waals surface area contributed by atoms with E-state index in [2.05, 4.69) is 59.2 Å². The van der Waals surface area contributed by atoms with E-state index in [-0.39, 0.29) is 0 Å². The Morgan fingerprint density at radius 2 is 2.15 bits per heavy atom. The lowest BCUT2D eigenvalue weighted by molar-refractivity contribution is 1.10. The molecule has 0 aliphatic carbocycles. The summed E-state index contributed by atoms with van der Waals surface area (Å²) in [6.07, 6.45) is 4.50. The standard InChI is InChI=1S/C16H20N4/c1-4-10-17-16-18-11-9-14(20-16)19-15-12(3)7-6-8-13(15)5-2/h4,6-9,11H,1,5,10H2,2-3H3,(H2,17,18,19,20). The zero-order valence-electron chi connectivity index (χ0n) is 12.0. The molecule has 0 amide bonds. The van der Waals surface area contributed by atoms with Crippen LogP contribution in [0.3, 0.4) is 0 Å². The van der Waals surface area contributed by atoms with Gasteiger partial charge >= 0.3 is 0 Å². The van der Waals surface area contributed by atoms with Crippen LogP contribution in [0.4, 0.5) is 17.5 Å². The molecule has 1 aromatic heterocycles. The predicted molar refractivity (Wildman–Crippen MR) is 84.6 cm³/mol. The van der Waals surface area contributed by atoms with Crippen molar-refractivity contribution in [3.8, 4) is 0 Å². The summed E-state index contributed by atoms with van der Waals surface area (Å²) in [5, 5.41) is 6.48. The van der Waals surface area contributed by atoms with E-state index in [9.17, 15) is 0 Å². The van der Waals surface area contributed by atoms with Crippen molar-refractivity contribution in [3.63, 3.8) is 0 Å². The second-order valence-corrected chi connectivity index (χ2v) is 4.52. The molecule has 1 heterocycles. The van der Waals surface area contributed by atoms with Gasteiger partial charge in [-0.2, -0.15) is 4.98 Å². The van der Waals surface area contributed by atoms with Gasteiger partial charge in [-0.05, 0) is 30.5 Å². The predicted octanol–water partition coefficient (Wildman–Crippen LogP) is 3.69. The van der Waals surface area contributed by atoms with Gasteiger partial charge in [0.15, 0.2) is 0 Å². The molecular weight excluding hydrogens is 248 g/mol. The number of para-hydroxylation sites is 1. The number of hydrogen-bond acceptors (Lipinski definition) is 4. The molecule has 0 unspecified atom stereocenters. The van der Waals surface area contributed by atoms with E-state index < -0.39 is 0 Å². The average Bonchev–Trinajstić information content (AvgIpc) is 2.47. The maximum absolute atomic E-state index is 4.44. The first kappa shape index (κ1) is 14.1. The topological polar surface area (TPSA) is 49.8 Å². The maximum atomic E-state index is 4.44. The number of aryl methyl sites for hydroxylation is 2. The van der Waals surface area contributed by atoms with Crippen molar-refractivity contribution in [2.24, 2.45) is 0 Å². The van der Waals surface area contributed by atoms with Gasteiger partial charge in [-0.15, -0.1) is 6.58 Å². The molecule has 20 heavy (non-hydrogen) atoms. The summed E-state index contributed by atoms with van der Waals surface area (Å²) in [4.78, 5) is 8.61. The third-order valence-corrected chi connectivity index (χ3v) is 3.05. The highest BCUT2D eigenvalue weighted by molar-refractivity contribution is 5.65. The van der Waals surface area contributed by atoms with Gasteiger partial charge in [-0.1, -0.05) is 31.2 Å². The quantitative estimate of drug-likeness (QED) is 0.784. The van der Waals surface area contributed by atoms with Gasteiger partial charge < -0.3 is 10.6 Å². The molecule has 4 nitrogen and oxygen atoms in total. The number of benzene rings is 1. The van der Waals surface area contributed by atoms with Gasteiger partial charge in [-0.25, -0.2) is 4.98 Å². The molecule has 4 heteroatoms. The van der Waals surface area contributed by atoms with Crippen molar-refractivity contribution in [1.82, 2.24) is 9.97 Å². The van der Waals surface area contributed by atoms with Crippen LogP contribution in [0.2, 0.25) is 0 Å². The first-order chi connectivity index (χ1) is 9.74. The molecule has 1 aromatic carbocycles. The van der Waals surface area contributed by atoms with Crippen LogP contribution in [0.25, 0.3) is 0 Å². The van der Waals surface area contributed by atoms with Crippen LogP contribution in [0.15, 0.2) is 43.1 Å². The van der Waals surface area contributed by atoms with Crippen LogP contribution in [0.5, 0.6) is 0 Å². The Labute approximate surface area is 120 Å². The highest BCUT2D eigenvalue weighted by Crippen LogP contribution is 2.24. The number of nitrogens with one attached hydrogen (secondary N) is 2. The largest absolute Gasteiger partial charge is 0.351 e. The summed E-state index contributed by atoms with van der Waals surface area (Å²) in [5.74, 6) is 1.39. The minimum atomic E-state index is 0.599. The van der Waals surface area contributed by atoms with Gasteiger partial charge in [0.05, 0.1) is 0 Å². The van der Waals surface area contributed by atoms with E-state index in [0.717, 1.165) is 17.9 Å². The monoisotopic (exact) mass is 268 g/mol. The average molecular weight is 268 g/mol. The van der Waals surface area contributed by atoms with Gasteiger partial charge in [0.1, 0.15) is 5.82 Å². The minimum Gasteiger partial charge on any atom is -0.351 e. The molecule has 0 spiro atoms. The first-order valence-corrected chi connectivity index (χ1v) is 6.78. The highest BCUT2D eigenvalue weighted by atomic mass is 15.1. The fraction of sp³-hybridized carbons (Fsp3) is 0.250. The van der Waals surface area contributed by atoms with Gasteiger partial charge in [0, 0.05) is 18.4 Å². The molecular formula is C16H20N4. The van der Waals surface area contributed by atoms with Crippen LogP contribution in [-0.4, -0.2) is 16.5 Å². The Morgan fingerprint density at radius 1 is 1.30 bits per heavy atom. The molecule has 0 bridgehead atoms. The number of nitrogens with zero attached hydrogens (tertiary/aromatic N) is 2. The zero-order valence-corrected chi connectivity index (χ0v) is 12.0. The summed E-state index contributed by atoms with van der Waals surface area (Å²) in [5.41, 5.74) is 3.62. The van der Waals surface area contributed by atoms with E-state index in [1.54, 1.807) is 12.3 Å². The Bertz CT molecular complexity index is 593. The van der Waals surface area contributed by atoms with E-state index in [1.165, 1.54) is 11.1 Å². The summed E-state index contributed by atoms with van der Waals surface area (Å²) in [6, 6.07) is 8.17. The van der Waals surface area contributed by atoms with E-state index in [1.807, 2.05) is 6.07 Å². The van der Waals surface area contributed by atoms with Crippen LogP contribution >= 0.6 is 0 Å². The molecule has 0 atom stereocenters. The minimum absolute atomic E-state index is 0.599. The number of aromatic nitrogens is 2. The van der Waals surface area contributed by atoms with E-state index in [0.29, 0.717) is 12.5 Å². The van der Waals surface area contributed by atoms with Gasteiger partial charge in [0.25, 0.3) is 0 Å². The van der Waals surface area contributed by atoms with Crippen molar-refractivity contribution in [2.45, 2.75) is 20.3 Å². The summed E-state index contributed by atoms with van der Waals surface area (Å²) in [7, 11) is 0. The number of rotatable bonds is 6. The maximum Gasteiger partial charge on any atom is 0.224 e. The Kier molecular flexibility index (Phi) is 4.71. The van der Waals surface area contributed by atoms with Gasteiger partial charge in [-0.3, -0.25) is 0 Å².